The van der Waals surface area contributed by atoms with Crippen LogP contribution in [0.2, 0.25) is 0 Å². The number of likely N-dealkylation sites (tertiary alicyclic amines) is 1. The van der Waals surface area contributed by atoms with Gasteiger partial charge in [0.1, 0.15) is 6.10 Å². The third-order valence-corrected chi connectivity index (χ3v) is 3.21. The molecule has 0 aromatic carbocycles. The molecule has 1 aromatic rings. The molecular formula is C15H20N2O2. The summed E-state index contributed by atoms with van der Waals surface area (Å²) in [5.74, 6) is 0.827. The van der Waals surface area contributed by atoms with E-state index >= 15 is 0 Å². The van der Waals surface area contributed by atoms with Crippen LogP contribution in [0.1, 0.15) is 25.0 Å². The Morgan fingerprint density at radius 3 is 3.21 bits per heavy atom. The van der Waals surface area contributed by atoms with Crippen molar-refractivity contribution in [2.24, 2.45) is 0 Å². The highest BCUT2D eigenvalue weighted by Crippen LogP contribution is 2.17. The molecule has 2 rings (SSSR count). The van der Waals surface area contributed by atoms with Gasteiger partial charge in [-0.1, -0.05) is 12.1 Å². The lowest BCUT2D eigenvalue weighted by Gasteiger charge is -2.16. The fraction of sp³-hybridized carbons (Fsp3) is 0.467. The zero-order valence-electron chi connectivity index (χ0n) is 11.3. The minimum Gasteiger partial charge on any atom is -0.472 e. The Kier molecular flexibility index (Phi) is 4.55. The summed E-state index contributed by atoms with van der Waals surface area (Å²) in [5, 5.41) is 0. The lowest BCUT2D eigenvalue weighted by Crippen LogP contribution is -2.30. The molecule has 1 aliphatic rings. The summed E-state index contributed by atoms with van der Waals surface area (Å²) in [6.45, 7) is 7.00. The zero-order valence-corrected chi connectivity index (χ0v) is 11.3. The summed E-state index contributed by atoms with van der Waals surface area (Å²) in [5.41, 5.74) is 0.939. The molecule has 0 spiro atoms. The fourth-order valence-electron chi connectivity index (χ4n) is 2.19. The molecule has 0 aliphatic carbocycles. The first kappa shape index (κ1) is 13.6. The number of aryl methyl sites for hydroxylation is 1. The second-order valence-electron chi connectivity index (χ2n) is 4.81. The lowest BCUT2D eigenvalue weighted by molar-refractivity contribution is -0.130. The Balaban J connectivity index is 1.85. The molecule has 0 bridgehead atoms. The predicted molar refractivity (Wildman–Crippen MR) is 74.0 cm³/mol. The monoisotopic (exact) mass is 260 g/mol. The third kappa shape index (κ3) is 3.81. The quantitative estimate of drug-likeness (QED) is 0.763. The summed E-state index contributed by atoms with van der Waals surface area (Å²) in [6, 6.07) is 5.72. The zero-order chi connectivity index (χ0) is 13.7. The van der Waals surface area contributed by atoms with Crippen LogP contribution >= 0.6 is 0 Å². The topological polar surface area (TPSA) is 42.4 Å². The van der Waals surface area contributed by atoms with E-state index in [0.29, 0.717) is 18.8 Å². The van der Waals surface area contributed by atoms with E-state index in [1.54, 1.807) is 6.08 Å². The molecule has 0 N–H and O–H groups in total. The van der Waals surface area contributed by atoms with Crippen molar-refractivity contribution in [1.82, 2.24) is 9.88 Å². The van der Waals surface area contributed by atoms with Gasteiger partial charge >= 0.3 is 0 Å². The average molecular weight is 260 g/mol. The number of pyridine rings is 1. The van der Waals surface area contributed by atoms with Gasteiger partial charge in [-0.05, 0) is 19.4 Å². The van der Waals surface area contributed by atoms with Gasteiger partial charge in [0.15, 0.2) is 0 Å². The minimum atomic E-state index is 0.0574. The Bertz CT molecular complexity index is 459. The molecule has 1 aliphatic heterocycles. The molecule has 1 atom stereocenters. The van der Waals surface area contributed by atoms with Crippen LogP contribution in [0.15, 0.2) is 30.9 Å². The van der Waals surface area contributed by atoms with E-state index in [1.165, 1.54) is 0 Å². The summed E-state index contributed by atoms with van der Waals surface area (Å²) in [7, 11) is 0. The number of hydrogen-bond donors (Lipinski definition) is 0. The summed E-state index contributed by atoms with van der Waals surface area (Å²) >= 11 is 0. The van der Waals surface area contributed by atoms with Crippen molar-refractivity contribution in [1.29, 1.82) is 0 Å². The first-order chi connectivity index (χ1) is 9.19. The van der Waals surface area contributed by atoms with Gasteiger partial charge in [0.05, 0.1) is 6.54 Å². The number of amides is 1. The maximum atomic E-state index is 11.9. The van der Waals surface area contributed by atoms with Crippen molar-refractivity contribution in [2.75, 3.05) is 13.1 Å². The molecule has 1 fully saturated rings. The van der Waals surface area contributed by atoms with E-state index < -0.39 is 0 Å². The van der Waals surface area contributed by atoms with Gasteiger partial charge in [-0.3, -0.25) is 4.79 Å². The molecule has 1 aromatic heterocycles. The van der Waals surface area contributed by atoms with Crippen LogP contribution in [0.4, 0.5) is 0 Å². The highest BCUT2D eigenvalue weighted by Gasteiger charge is 2.27. The van der Waals surface area contributed by atoms with E-state index in [2.05, 4.69) is 11.6 Å². The standard InChI is InChI=1S/C15H20N2O2/c1-3-4-8-15(18)17-10-9-13(11-17)19-14-7-5-6-12(2)16-14/h3,5-7,13H,1,4,8-11H2,2H3. The van der Waals surface area contributed by atoms with Gasteiger partial charge in [0.2, 0.25) is 11.8 Å². The van der Waals surface area contributed by atoms with Crippen molar-refractivity contribution in [2.45, 2.75) is 32.3 Å². The van der Waals surface area contributed by atoms with Crippen LogP contribution in [0.5, 0.6) is 5.88 Å². The molecule has 0 radical (unpaired) electrons. The maximum Gasteiger partial charge on any atom is 0.223 e. The van der Waals surface area contributed by atoms with Crippen LogP contribution in [-0.4, -0.2) is 35.0 Å². The smallest absolute Gasteiger partial charge is 0.223 e. The third-order valence-electron chi connectivity index (χ3n) is 3.21. The van der Waals surface area contributed by atoms with Gasteiger partial charge < -0.3 is 9.64 Å². The molecule has 19 heavy (non-hydrogen) atoms. The predicted octanol–water partition coefficient (Wildman–Crippen LogP) is 2.34. The second kappa shape index (κ2) is 6.36. The first-order valence-corrected chi connectivity index (χ1v) is 6.68. The lowest BCUT2D eigenvalue weighted by atomic mass is 10.3. The van der Waals surface area contributed by atoms with Gasteiger partial charge in [-0.15, -0.1) is 6.58 Å². The second-order valence-corrected chi connectivity index (χ2v) is 4.81. The molecule has 1 saturated heterocycles. The largest absolute Gasteiger partial charge is 0.472 e. The summed E-state index contributed by atoms with van der Waals surface area (Å²) in [4.78, 5) is 18.0. The van der Waals surface area contributed by atoms with E-state index in [4.69, 9.17) is 4.74 Å². The number of carbonyl (C=O) groups excluding carboxylic acids is 1. The summed E-state index contributed by atoms with van der Waals surface area (Å²) in [6.07, 6.45) is 3.98. The number of aromatic nitrogens is 1. The molecular weight excluding hydrogens is 240 g/mol. The van der Waals surface area contributed by atoms with E-state index in [0.717, 1.165) is 25.1 Å². The van der Waals surface area contributed by atoms with Gasteiger partial charge in [0.25, 0.3) is 0 Å². The van der Waals surface area contributed by atoms with Crippen molar-refractivity contribution in [3.63, 3.8) is 0 Å². The number of rotatable bonds is 5. The van der Waals surface area contributed by atoms with Crippen molar-refractivity contribution < 1.29 is 9.53 Å². The minimum absolute atomic E-state index is 0.0574. The number of ether oxygens (including phenoxy) is 1. The molecule has 4 heteroatoms. The molecule has 0 saturated carbocycles. The SMILES string of the molecule is C=CCCC(=O)N1CCC(Oc2cccc(C)n2)C1. The Morgan fingerprint density at radius 1 is 1.63 bits per heavy atom. The summed E-state index contributed by atoms with van der Waals surface area (Å²) < 4.78 is 5.82. The number of hydrogen-bond acceptors (Lipinski definition) is 3. The van der Waals surface area contributed by atoms with E-state index in [9.17, 15) is 4.79 Å². The molecule has 1 amide bonds. The molecule has 102 valence electrons. The van der Waals surface area contributed by atoms with E-state index in [-0.39, 0.29) is 12.0 Å². The van der Waals surface area contributed by atoms with Crippen molar-refractivity contribution in [3.8, 4) is 5.88 Å². The average Bonchev–Trinajstić information content (AvgIpc) is 2.84. The molecule has 4 nitrogen and oxygen atoms in total. The highest BCUT2D eigenvalue weighted by atomic mass is 16.5. The van der Waals surface area contributed by atoms with Gasteiger partial charge in [-0.25, -0.2) is 4.98 Å². The first-order valence-electron chi connectivity index (χ1n) is 6.68. The molecule has 2 heterocycles. The van der Waals surface area contributed by atoms with Crippen LogP contribution < -0.4 is 4.74 Å². The van der Waals surface area contributed by atoms with Crippen molar-refractivity contribution in [3.05, 3.63) is 36.5 Å². The molecule has 1 unspecified atom stereocenters. The number of nitrogens with zero attached hydrogens (tertiary/aromatic N) is 2. The van der Waals surface area contributed by atoms with Gasteiger partial charge in [0, 0.05) is 31.1 Å². The van der Waals surface area contributed by atoms with Gasteiger partial charge in [-0.2, -0.15) is 0 Å². The maximum absolute atomic E-state index is 11.9. The Morgan fingerprint density at radius 2 is 2.47 bits per heavy atom. The van der Waals surface area contributed by atoms with Crippen LogP contribution in [-0.2, 0) is 4.79 Å². The van der Waals surface area contributed by atoms with Crippen LogP contribution in [0, 0.1) is 6.92 Å². The number of carbonyl (C=O) groups is 1. The van der Waals surface area contributed by atoms with Crippen LogP contribution in [0.25, 0.3) is 0 Å². The normalized spacial score (nSPS) is 18.4. The fourth-order valence-corrected chi connectivity index (χ4v) is 2.19. The van der Waals surface area contributed by atoms with E-state index in [1.807, 2.05) is 30.0 Å². The number of allylic oxidation sites excluding steroid dienone is 1. The highest BCUT2D eigenvalue weighted by molar-refractivity contribution is 5.76. The Labute approximate surface area is 114 Å². The van der Waals surface area contributed by atoms with Crippen LogP contribution in [0.3, 0.4) is 0 Å². The Hall–Kier alpha value is -1.84. The van der Waals surface area contributed by atoms with Crippen molar-refractivity contribution >= 4 is 5.91 Å².